The van der Waals surface area contributed by atoms with Crippen LogP contribution in [-0.2, 0) is 13.2 Å². The molecule has 3 rings (SSSR count). The minimum Gasteiger partial charge on any atom is -0.390 e. The zero-order valence-electron chi connectivity index (χ0n) is 13.6. The highest BCUT2D eigenvalue weighted by Gasteiger charge is 2.11. The van der Waals surface area contributed by atoms with Crippen LogP contribution in [0.25, 0.3) is 5.70 Å². The van der Waals surface area contributed by atoms with Gasteiger partial charge in [0.25, 0.3) is 0 Å². The van der Waals surface area contributed by atoms with Crippen molar-refractivity contribution >= 4 is 11.4 Å². The number of benzene rings is 1. The first-order valence-corrected chi connectivity index (χ1v) is 7.63. The number of aromatic nitrogens is 3. The SMILES string of the molecule is C=C(Nc1ccc(CO)nc1)c1cn(Cc2cc(F)c(F)c(F)c2)cn1. The number of aliphatic hydroxyl groups excluding tert-OH is 1. The molecular formula is C18H15F3N4O. The summed E-state index contributed by atoms with van der Waals surface area (Å²) in [5, 5.41) is 12.0. The summed E-state index contributed by atoms with van der Waals surface area (Å²) in [4.78, 5) is 8.23. The third-order valence-electron chi connectivity index (χ3n) is 3.63. The van der Waals surface area contributed by atoms with Gasteiger partial charge in [-0.2, -0.15) is 0 Å². The number of aliphatic hydroxyl groups is 1. The van der Waals surface area contributed by atoms with Crippen molar-refractivity contribution in [1.29, 1.82) is 0 Å². The van der Waals surface area contributed by atoms with Crippen LogP contribution in [0.3, 0.4) is 0 Å². The molecule has 26 heavy (non-hydrogen) atoms. The van der Waals surface area contributed by atoms with Gasteiger partial charge in [-0.1, -0.05) is 6.58 Å². The fourth-order valence-corrected chi connectivity index (χ4v) is 2.34. The van der Waals surface area contributed by atoms with Crippen LogP contribution in [0.5, 0.6) is 0 Å². The summed E-state index contributed by atoms with van der Waals surface area (Å²) in [5.74, 6) is -3.95. The van der Waals surface area contributed by atoms with Gasteiger partial charge in [-0.3, -0.25) is 4.98 Å². The third kappa shape index (κ3) is 3.92. The normalized spacial score (nSPS) is 10.8. The molecule has 0 atom stereocenters. The van der Waals surface area contributed by atoms with Gasteiger partial charge in [0.05, 0.1) is 36.2 Å². The number of rotatable bonds is 6. The van der Waals surface area contributed by atoms with Crippen LogP contribution in [0, 0.1) is 17.5 Å². The molecule has 1 aromatic carbocycles. The quantitative estimate of drug-likeness (QED) is 0.662. The molecule has 8 heteroatoms. The number of hydrogen-bond donors (Lipinski definition) is 2. The minimum atomic E-state index is -1.49. The van der Waals surface area contributed by atoms with Crippen LogP contribution >= 0.6 is 0 Å². The Balaban J connectivity index is 1.69. The van der Waals surface area contributed by atoms with Crippen LogP contribution in [0.15, 0.2) is 49.6 Å². The Kier molecular flexibility index (Phi) is 5.04. The van der Waals surface area contributed by atoms with Gasteiger partial charge in [0.1, 0.15) is 5.69 Å². The largest absolute Gasteiger partial charge is 0.390 e. The first kappa shape index (κ1) is 17.7. The summed E-state index contributed by atoms with van der Waals surface area (Å²) in [6.45, 7) is 3.87. The molecule has 0 spiro atoms. The van der Waals surface area contributed by atoms with E-state index in [1.165, 1.54) is 6.33 Å². The van der Waals surface area contributed by atoms with Crippen molar-refractivity contribution in [2.24, 2.45) is 0 Å². The lowest BCUT2D eigenvalue weighted by molar-refractivity contribution is 0.277. The maximum atomic E-state index is 13.3. The van der Waals surface area contributed by atoms with Crippen LogP contribution in [0.2, 0.25) is 0 Å². The highest BCUT2D eigenvalue weighted by Crippen LogP contribution is 2.17. The summed E-state index contributed by atoms with van der Waals surface area (Å²) >= 11 is 0. The van der Waals surface area contributed by atoms with Gasteiger partial charge in [0, 0.05) is 12.7 Å². The van der Waals surface area contributed by atoms with Crippen molar-refractivity contribution in [2.45, 2.75) is 13.2 Å². The molecule has 0 unspecified atom stereocenters. The Bertz CT molecular complexity index is 915. The molecule has 2 aromatic heterocycles. The standard InChI is InChI=1S/C18H15F3N4O/c1-11(24-13-2-3-14(9-26)22-6-13)17-8-25(10-23-17)7-12-4-15(19)18(21)16(20)5-12/h2-6,8,10,24,26H,1,7,9H2. The van der Waals surface area contributed by atoms with E-state index in [1.807, 2.05) is 0 Å². The van der Waals surface area contributed by atoms with E-state index in [-0.39, 0.29) is 18.7 Å². The topological polar surface area (TPSA) is 63.0 Å². The first-order valence-electron chi connectivity index (χ1n) is 7.63. The molecular weight excluding hydrogens is 345 g/mol. The molecule has 0 aliphatic heterocycles. The zero-order chi connectivity index (χ0) is 18.7. The van der Waals surface area contributed by atoms with Crippen LogP contribution in [0.4, 0.5) is 18.9 Å². The van der Waals surface area contributed by atoms with Gasteiger partial charge < -0.3 is 15.0 Å². The maximum absolute atomic E-state index is 13.3. The second-order valence-corrected chi connectivity index (χ2v) is 5.60. The average Bonchev–Trinajstić information content (AvgIpc) is 3.09. The van der Waals surface area contributed by atoms with E-state index < -0.39 is 17.5 Å². The Morgan fingerprint density at radius 3 is 2.50 bits per heavy atom. The third-order valence-corrected chi connectivity index (χ3v) is 3.63. The fourth-order valence-electron chi connectivity index (χ4n) is 2.34. The molecule has 0 fully saturated rings. The number of pyridine rings is 1. The molecule has 0 saturated carbocycles. The summed E-state index contributed by atoms with van der Waals surface area (Å²) in [7, 11) is 0. The predicted octanol–water partition coefficient (Wildman–Crippen LogP) is 3.32. The summed E-state index contributed by atoms with van der Waals surface area (Å²) in [6, 6.07) is 5.30. The van der Waals surface area contributed by atoms with E-state index >= 15 is 0 Å². The molecule has 5 nitrogen and oxygen atoms in total. The Morgan fingerprint density at radius 1 is 1.15 bits per heavy atom. The van der Waals surface area contributed by atoms with Gasteiger partial charge in [0.15, 0.2) is 17.5 Å². The van der Waals surface area contributed by atoms with E-state index in [2.05, 4.69) is 21.9 Å². The Labute approximate surface area is 147 Å². The van der Waals surface area contributed by atoms with Crippen LogP contribution < -0.4 is 5.32 Å². The summed E-state index contributed by atoms with van der Waals surface area (Å²) in [5.41, 5.74) is 2.51. The number of hydrogen-bond acceptors (Lipinski definition) is 4. The molecule has 0 bridgehead atoms. The van der Waals surface area contributed by atoms with E-state index in [0.29, 0.717) is 22.8 Å². The van der Waals surface area contributed by atoms with Gasteiger partial charge in [-0.05, 0) is 29.8 Å². The smallest absolute Gasteiger partial charge is 0.194 e. The lowest BCUT2D eigenvalue weighted by Crippen LogP contribution is -2.01. The average molecular weight is 360 g/mol. The number of nitrogens with one attached hydrogen (secondary N) is 1. The number of imidazole rings is 1. The van der Waals surface area contributed by atoms with Gasteiger partial charge in [0.2, 0.25) is 0 Å². The molecule has 2 heterocycles. The molecule has 134 valence electrons. The van der Waals surface area contributed by atoms with E-state index in [9.17, 15) is 13.2 Å². The monoisotopic (exact) mass is 360 g/mol. The Morgan fingerprint density at radius 2 is 1.88 bits per heavy atom. The van der Waals surface area contributed by atoms with E-state index in [4.69, 9.17) is 5.11 Å². The van der Waals surface area contributed by atoms with E-state index in [1.54, 1.807) is 29.1 Å². The first-order chi connectivity index (χ1) is 12.5. The van der Waals surface area contributed by atoms with Gasteiger partial charge >= 0.3 is 0 Å². The second kappa shape index (κ2) is 7.40. The number of nitrogens with zero attached hydrogens (tertiary/aromatic N) is 3. The van der Waals surface area contributed by atoms with Gasteiger partial charge in [-0.15, -0.1) is 0 Å². The minimum absolute atomic E-state index is 0.126. The fraction of sp³-hybridized carbons (Fsp3) is 0.111. The number of anilines is 1. The summed E-state index contributed by atoms with van der Waals surface area (Å²) < 4.78 is 41.2. The lowest BCUT2D eigenvalue weighted by Gasteiger charge is -2.07. The second-order valence-electron chi connectivity index (χ2n) is 5.60. The van der Waals surface area contributed by atoms with Crippen molar-refractivity contribution in [2.75, 3.05) is 5.32 Å². The molecule has 0 amide bonds. The van der Waals surface area contributed by atoms with Crippen molar-refractivity contribution in [3.63, 3.8) is 0 Å². The summed E-state index contributed by atoms with van der Waals surface area (Å²) in [6.07, 6.45) is 4.68. The maximum Gasteiger partial charge on any atom is 0.194 e. The van der Waals surface area contributed by atoms with Crippen LogP contribution in [-0.4, -0.2) is 19.6 Å². The molecule has 2 N–H and O–H groups in total. The van der Waals surface area contributed by atoms with Crippen molar-refractivity contribution in [3.05, 3.63) is 84.0 Å². The zero-order valence-corrected chi connectivity index (χ0v) is 13.6. The number of halogens is 3. The van der Waals surface area contributed by atoms with Gasteiger partial charge in [-0.25, -0.2) is 18.2 Å². The highest BCUT2D eigenvalue weighted by atomic mass is 19.2. The Hall–Kier alpha value is -3.13. The van der Waals surface area contributed by atoms with Crippen molar-refractivity contribution in [3.8, 4) is 0 Å². The molecule has 0 aliphatic rings. The molecule has 3 aromatic rings. The lowest BCUT2D eigenvalue weighted by atomic mass is 10.2. The van der Waals surface area contributed by atoms with E-state index in [0.717, 1.165) is 12.1 Å². The van der Waals surface area contributed by atoms with Crippen LogP contribution in [0.1, 0.15) is 17.0 Å². The highest BCUT2D eigenvalue weighted by molar-refractivity contribution is 5.72. The predicted molar refractivity (Wildman–Crippen MR) is 90.5 cm³/mol. The van der Waals surface area contributed by atoms with Crippen molar-refractivity contribution in [1.82, 2.24) is 14.5 Å². The molecule has 0 saturated heterocycles. The van der Waals surface area contributed by atoms with Crippen molar-refractivity contribution < 1.29 is 18.3 Å². The molecule has 0 aliphatic carbocycles. The molecule has 0 radical (unpaired) electrons.